The van der Waals surface area contributed by atoms with Gasteiger partial charge >= 0.3 is 12.0 Å². The van der Waals surface area contributed by atoms with Crippen LogP contribution in [-0.2, 0) is 9.53 Å². The van der Waals surface area contributed by atoms with Crippen molar-refractivity contribution in [2.75, 3.05) is 13.1 Å². The van der Waals surface area contributed by atoms with Gasteiger partial charge in [0.15, 0.2) is 0 Å². The molecule has 22 heavy (non-hydrogen) atoms. The van der Waals surface area contributed by atoms with Crippen LogP contribution in [0.2, 0.25) is 0 Å². The van der Waals surface area contributed by atoms with Gasteiger partial charge in [0.1, 0.15) is 0 Å². The third-order valence-electron chi connectivity index (χ3n) is 3.67. The Hall–Kier alpha value is -2.04. The number of hydrogen-bond acceptors (Lipinski definition) is 3. The SMILES string of the molecule is CC(C)OC(=O)CCNC(=O)N1CCC[C@@H]1c1ccccc1. The highest BCUT2D eigenvalue weighted by Gasteiger charge is 2.29. The lowest BCUT2D eigenvalue weighted by Gasteiger charge is -2.25. The lowest BCUT2D eigenvalue weighted by Crippen LogP contribution is -2.40. The first-order chi connectivity index (χ1) is 10.6. The average Bonchev–Trinajstić information content (AvgIpc) is 2.96. The molecule has 1 heterocycles. The van der Waals surface area contributed by atoms with E-state index in [0.717, 1.165) is 24.9 Å². The molecular weight excluding hydrogens is 280 g/mol. The van der Waals surface area contributed by atoms with E-state index in [0.29, 0.717) is 6.54 Å². The van der Waals surface area contributed by atoms with Crippen molar-refractivity contribution in [3.63, 3.8) is 0 Å². The lowest BCUT2D eigenvalue weighted by molar-refractivity contribution is -0.147. The van der Waals surface area contributed by atoms with Crippen molar-refractivity contribution < 1.29 is 14.3 Å². The van der Waals surface area contributed by atoms with Gasteiger partial charge in [-0.1, -0.05) is 30.3 Å². The van der Waals surface area contributed by atoms with Crippen LogP contribution in [0, 0.1) is 0 Å². The summed E-state index contributed by atoms with van der Waals surface area (Å²) in [6.45, 7) is 4.68. The van der Waals surface area contributed by atoms with E-state index >= 15 is 0 Å². The van der Waals surface area contributed by atoms with Crippen molar-refractivity contribution in [1.82, 2.24) is 10.2 Å². The second kappa shape index (κ2) is 7.82. The maximum Gasteiger partial charge on any atom is 0.317 e. The molecule has 1 saturated heterocycles. The van der Waals surface area contributed by atoms with Crippen LogP contribution >= 0.6 is 0 Å². The van der Waals surface area contributed by atoms with Gasteiger partial charge in [-0.05, 0) is 32.3 Å². The Balaban J connectivity index is 1.83. The van der Waals surface area contributed by atoms with Gasteiger partial charge in [0, 0.05) is 13.1 Å². The molecular formula is C17H24N2O3. The van der Waals surface area contributed by atoms with Gasteiger partial charge in [0.2, 0.25) is 0 Å². The molecule has 1 fully saturated rings. The number of urea groups is 1. The molecule has 1 aromatic carbocycles. The molecule has 1 aliphatic heterocycles. The molecule has 5 nitrogen and oxygen atoms in total. The predicted octanol–water partition coefficient (Wildman–Crippen LogP) is 2.87. The lowest BCUT2D eigenvalue weighted by atomic mass is 10.1. The number of amides is 2. The molecule has 0 saturated carbocycles. The molecule has 0 bridgehead atoms. The molecule has 5 heteroatoms. The summed E-state index contributed by atoms with van der Waals surface area (Å²) >= 11 is 0. The minimum absolute atomic E-state index is 0.108. The fourth-order valence-corrected chi connectivity index (χ4v) is 2.73. The van der Waals surface area contributed by atoms with Gasteiger partial charge < -0.3 is 15.0 Å². The molecule has 120 valence electrons. The quantitative estimate of drug-likeness (QED) is 0.851. The highest BCUT2D eigenvalue weighted by atomic mass is 16.5. The minimum Gasteiger partial charge on any atom is -0.463 e. The first kappa shape index (κ1) is 16.3. The average molecular weight is 304 g/mol. The molecule has 2 rings (SSSR count). The zero-order valence-corrected chi connectivity index (χ0v) is 13.2. The van der Waals surface area contributed by atoms with E-state index in [1.807, 2.05) is 36.9 Å². The second-order valence-corrected chi connectivity index (χ2v) is 5.78. The first-order valence-corrected chi connectivity index (χ1v) is 7.87. The largest absolute Gasteiger partial charge is 0.463 e. The van der Waals surface area contributed by atoms with Gasteiger partial charge in [-0.2, -0.15) is 0 Å². The van der Waals surface area contributed by atoms with Crippen molar-refractivity contribution in [2.24, 2.45) is 0 Å². The number of carbonyl (C=O) groups excluding carboxylic acids is 2. The molecule has 0 radical (unpaired) electrons. The Bertz CT molecular complexity index is 502. The Labute approximate surface area is 131 Å². The van der Waals surface area contributed by atoms with Gasteiger partial charge in [0.25, 0.3) is 0 Å². The van der Waals surface area contributed by atoms with E-state index < -0.39 is 0 Å². The fourth-order valence-electron chi connectivity index (χ4n) is 2.73. The van der Waals surface area contributed by atoms with Gasteiger partial charge in [0.05, 0.1) is 18.6 Å². The molecule has 1 N–H and O–H groups in total. The molecule has 1 aromatic rings. The number of ether oxygens (including phenoxy) is 1. The molecule has 1 atom stereocenters. The number of nitrogens with one attached hydrogen (secondary N) is 1. The van der Waals surface area contributed by atoms with Crippen molar-refractivity contribution in [1.29, 1.82) is 0 Å². The van der Waals surface area contributed by atoms with Gasteiger partial charge in [-0.25, -0.2) is 4.79 Å². The summed E-state index contributed by atoms with van der Waals surface area (Å²) in [7, 11) is 0. The van der Waals surface area contributed by atoms with Crippen molar-refractivity contribution in [2.45, 2.75) is 45.3 Å². The summed E-state index contributed by atoms with van der Waals surface area (Å²) in [5, 5.41) is 2.81. The van der Waals surface area contributed by atoms with Gasteiger partial charge in [-0.3, -0.25) is 4.79 Å². The normalized spacial score (nSPS) is 17.6. The zero-order valence-electron chi connectivity index (χ0n) is 13.2. The maximum atomic E-state index is 12.3. The van der Waals surface area contributed by atoms with E-state index in [9.17, 15) is 9.59 Å². The number of hydrogen-bond donors (Lipinski definition) is 1. The fraction of sp³-hybridized carbons (Fsp3) is 0.529. The van der Waals surface area contributed by atoms with E-state index in [2.05, 4.69) is 17.4 Å². The Kier molecular flexibility index (Phi) is 5.81. The third kappa shape index (κ3) is 4.48. The number of esters is 1. The van der Waals surface area contributed by atoms with Gasteiger partial charge in [-0.15, -0.1) is 0 Å². The van der Waals surface area contributed by atoms with E-state index in [-0.39, 0.29) is 30.6 Å². The van der Waals surface area contributed by atoms with E-state index in [1.165, 1.54) is 0 Å². The summed E-state index contributed by atoms with van der Waals surface area (Å²) in [6, 6.07) is 10.1. The Morgan fingerprint density at radius 1 is 1.32 bits per heavy atom. The number of likely N-dealkylation sites (tertiary alicyclic amines) is 1. The summed E-state index contributed by atoms with van der Waals surface area (Å²) in [6.07, 6.45) is 2.06. The van der Waals surface area contributed by atoms with Crippen LogP contribution < -0.4 is 5.32 Å². The first-order valence-electron chi connectivity index (χ1n) is 7.87. The van der Waals surface area contributed by atoms with E-state index in [4.69, 9.17) is 4.74 Å². The second-order valence-electron chi connectivity index (χ2n) is 5.78. The highest BCUT2D eigenvalue weighted by molar-refractivity contribution is 5.76. The summed E-state index contributed by atoms with van der Waals surface area (Å²) in [4.78, 5) is 25.6. The van der Waals surface area contributed by atoms with Crippen LogP contribution in [0.15, 0.2) is 30.3 Å². The number of nitrogens with zero attached hydrogens (tertiary/aromatic N) is 1. The summed E-state index contributed by atoms with van der Waals surface area (Å²) in [5.74, 6) is -0.281. The van der Waals surface area contributed by atoms with Crippen molar-refractivity contribution in [3.8, 4) is 0 Å². The predicted molar refractivity (Wildman–Crippen MR) is 84.4 cm³/mol. The van der Waals surface area contributed by atoms with E-state index in [1.54, 1.807) is 0 Å². The maximum absolute atomic E-state index is 12.3. The summed E-state index contributed by atoms with van der Waals surface area (Å²) < 4.78 is 5.04. The molecule has 1 aliphatic rings. The van der Waals surface area contributed by atoms with Crippen LogP contribution in [0.5, 0.6) is 0 Å². The molecule has 0 aromatic heterocycles. The number of carbonyl (C=O) groups is 2. The summed E-state index contributed by atoms with van der Waals surface area (Å²) in [5.41, 5.74) is 1.16. The highest BCUT2D eigenvalue weighted by Crippen LogP contribution is 2.31. The Morgan fingerprint density at radius 3 is 2.73 bits per heavy atom. The molecule has 0 aliphatic carbocycles. The van der Waals surface area contributed by atoms with Crippen molar-refractivity contribution in [3.05, 3.63) is 35.9 Å². The monoisotopic (exact) mass is 304 g/mol. The van der Waals surface area contributed by atoms with Crippen LogP contribution in [0.4, 0.5) is 4.79 Å². The molecule has 2 amide bonds. The molecule has 0 spiro atoms. The Morgan fingerprint density at radius 2 is 2.05 bits per heavy atom. The number of rotatable bonds is 5. The third-order valence-corrected chi connectivity index (χ3v) is 3.67. The smallest absolute Gasteiger partial charge is 0.317 e. The minimum atomic E-state index is -0.281. The van der Waals surface area contributed by atoms with Crippen LogP contribution in [0.1, 0.15) is 44.7 Å². The van der Waals surface area contributed by atoms with Crippen molar-refractivity contribution >= 4 is 12.0 Å². The number of benzene rings is 1. The topological polar surface area (TPSA) is 58.6 Å². The van der Waals surface area contributed by atoms with Crippen LogP contribution in [0.3, 0.4) is 0 Å². The van der Waals surface area contributed by atoms with Crippen LogP contribution in [-0.4, -0.2) is 36.1 Å². The standard InChI is InChI=1S/C17H24N2O3/c1-13(2)22-16(20)10-11-18-17(21)19-12-6-9-15(19)14-7-4-3-5-8-14/h3-5,7-8,13,15H,6,9-12H2,1-2H3,(H,18,21)/t15-/m1/s1. The molecule has 0 unspecified atom stereocenters. The zero-order chi connectivity index (χ0) is 15.9. The van der Waals surface area contributed by atoms with Crippen LogP contribution in [0.25, 0.3) is 0 Å².